The molecule has 1 aliphatic carbocycles. The molecule has 1 aliphatic heterocycles. The van der Waals surface area contributed by atoms with Crippen LogP contribution in [0.1, 0.15) is 58.8 Å². The van der Waals surface area contributed by atoms with E-state index < -0.39 is 0 Å². The molecule has 3 heteroatoms. The molecule has 2 atom stereocenters. The van der Waals surface area contributed by atoms with E-state index in [4.69, 9.17) is 4.74 Å². The monoisotopic (exact) mass is 255 g/mol. The molecule has 1 heterocycles. The Morgan fingerprint density at radius 3 is 2.67 bits per heavy atom. The molecule has 0 amide bonds. The molecule has 2 aliphatic rings. The molecule has 0 bridgehead atoms. The minimum atomic E-state index is -0.213. The van der Waals surface area contributed by atoms with Crippen molar-refractivity contribution in [2.24, 2.45) is 5.92 Å². The number of rotatable bonds is 4. The molecule has 2 unspecified atom stereocenters. The molecule has 0 radical (unpaired) electrons. The Morgan fingerprint density at radius 1 is 1.28 bits per heavy atom. The number of aliphatic hydroxyl groups is 1. The zero-order valence-electron chi connectivity index (χ0n) is 12.0. The second kappa shape index (κ2) is 6.36. The fourth-order valence-corrected chi connectivity index (χ4v) is 3.46. The van der Waals surface area contributed by atoms with E-state index in [1.54, 1.807) is 0 Å². The van der Waals surface area contributed by atoms with E-state index >= 15 is 0 Å². The number of ether oxygens (including phenoxy) is 1. The number of nitrogens with one attached hydrogen (secondary N) is 1. The van der Waals surface area contributed by atoms with Crippen molar-refractivity contribution in [2.45, 2.75) is 76.5 Å². The van der Waals surface area contributed by atoms with Crippen LogP contribution >= 0.6 is 0 Å². The molecule has 2 fully saturated rings. The summed E-state index contributed by atoms with van der Waals surface area (Å²) in [4.78, 5) is 0. The molecule has 0 aromatic carbocycles. The van der Waals surface area contributed by atoms with Crippen molar-refractivity contribution in [3.05, 3.63) is 0 Å². The van der Waals surface area contributed by atoms with Crippen molar-refractivity contribution in [3.8, 4) is 0 Å². The van der Waals surface area contributed by atoms with Gasteiger partial charge in [-0.25, -0.2) is 0 Å². The Morgan fingerprint density at radius 2 is 2.00 bits per heavy atom. The van der Waals surface area contributed by atoms with Crippen LogP contribution in [0, 0.1) is 5.92 Å². The van der Waals surface area contributed by atoms with Gasteiger partial charge in [0.15, 0.2) is 0 Å². The first-order valence-corrected chi connectivity index (χ1v) is 7.67. The summed E-state index contributed by atoms with van der Waals surface area (Å²) in [5.74, 6) is 0.420. The lowest BCUT2D eigenvalue weighted by atomic mass is 9.74. The zero-order valence-corrected chi connectivity index (χ0v) is 12.0. The van der Waals surface area contributed by atoms with Crippen LogP contribution in [0.15, 0.2) is 0 Å². The molecular weight excluding hydrogens is 226 g/mol. The second-order valence-corrected chi connectivity index (χ2v) is 6.48. The van der Waals surface area contributed by atoms with Crippen LogP contribution in [0.4, 0.5) is 0 Å². The van der Waals surface area contributed by atoms with Crippen LogP contribution in [0.2, 0.25) is 0 Å². The molecule has 1 saturated heterocycles. The van der Waals surface area contributed by atoms with E-state index in [9.17, 15) is 5.11 Å². The van der Waals surface area contributed by atoms with Crippen LogP contribution in [0.25, 0.3) is 0 Å². The number of hydrogen-bond acceptors (Lipinski definition) is 3. The molecule has 2 rings (SSSR count). The highest BCUT2D eigenvalue weighted by molar-refractivity contribution is 4.91. The Labute approximate surface area is 111 Å². The van der Waals surface area contributed by atoms with Crippen molar-refractivity contribution in [1.82, 2.24) is 5.32 Å². The van der Waals surface area contributed by atoms with E-state index in [1.807, 2.05) is 0 Å². The van der Waals surface area contributed by atoms with Gasteiger partial charge in [0, 0.05) is 19.2 Å². The van der Waals surface area contributed by atoms with Crippen molar-refractivity contribution in [2.75, 3.05) is 13.2 Å². The van der Waals surface area contributed by atoms with Gasteiger partial charge in [0.05, 0.1) is 11.7 Å². The molecular formula is C15H29NO2. The highest BCUT2D eigenvalue weighted by atomic mass is 16.5. The SMILES string of the molecule is CC(C)NCC(O)C1CCOC2(CCCCC2)C1. The molecule has 3 nitrogen and oxygen atoms in total. The van der Waals surface area contributed by atoms with Crippen molar-refractivity contribution < 1.29 is 9.84 Å². The average molecular weight is 255 g/mol. The highest BCUT2D eigenvalue weighted by Crippen LogP contribution is 2.41. The molecule has 0 aromatic heterocycles. The Bertz CT molecular complexity index is 243. The third kappa shape index (κ3) is 3.69. The summed E-state index contributed by atoms with van der Waals surface area (Å²) in [5.41, 5.74) is 0.111. The summed E-state index contributed by atoms with van der Waals surface area (Å²) < 4.78 is 6.08. The normalized spacial score (nSPS) is 29.7. The van der Waals surface area contributed by atoms with Gasteiger partial charge in [0.2, 0.25) is 0 Å². The van der Waals surface area contributed by atoms with E-state index in [2.05, 4.69) is 19.2 Å². The number of aliphatic hydroxyl groups excluding tert-OH is 1. The Balaban J connectivity index is 1.85. The van der Waals surface area contributed by atoms with Gasteiger partial charge in [0.1, 0.15) is 0 Å². The molecule has 1 spiro atoms. The zero-order chi connectivity index (χ0) is 13.0. The van der Waals surface area contributed by atoms with Gasteiger partial charge in [-0.15, -0.1) is 0 Å². The lowest BCUT2D eigenvalue weighted by Gasteiger charge is -2.44. The summed E-state index contributed by atoms with van der Waals surface area (Å²) in [7, 11) is 0. The Kier molecular flexibility index (Phi) is 5.05. The van der Waals surface area contributed by atoms with Crippen LogP contribution < -0.4 is 5.32 Å². The predicted molar refractivity (Wildman–Crippen MR) is 73.6 cm³/mol. The lowest BCUT2D eigenvalue weighted by molar-refractivity contribution is -0.133. The summed E-state index contributed by atoms with van der Waals surface area (Å²) in [6, 6.07) is 0.447. The molecule has 2 N–H and O–H groups in total. The third-order valence-electron chi connectivity index (χ3n) is 4.58. The first-order chi connectivity index (χ1) is 8.61. The van der Waals surface area contributed by atoms with Crippen LogP contribution in [-0.2, 0) is 4.74 Å². The van der Waals surface area contributed by atoms with E-state index in [-0.39, 0.29) is 11.7 Å². The standard InChI is InChI=1S/C15H29NO2/c1-12(2)16-11-14(17)13-6-9-18-15(10-13)7-4-3-5-8-15/h12-14,16-17H,3-11H2,1-2H3. The highest BCUT2D eigenvalue weighted by Gasteiger charge is 2.40. The van der Waals surface area contributed by atoms with Gasteiger partial charge in [-0.1, -0.05) is 33.1 Å². The maximum atomic E-state index is 10.3. The van der Waals surface area contributed by atoms with E-state index in [0.717, 1.165) is 26.0 Å². The summed E-state index contributed by atoms with van der Waals surface area (Å²) in [6.07, 6.45) is 8.22. The minimum absolute atomic E-state index is 0.111. The van der Waals surface area contributed by atoms with Gasteiger partial charge >= 0.3 is 0 Å². The topological polar surface area (TPSA) is 41.5 Å². The van der Waals surface area contributed by atoms with Crippen LogP contribution in [0.3, 0.4) is 0 Å². The fourth-order valence-electron chi connectivity index (χ4n) is 3.46. The maximum absolute atomic E-state index is 10.3. The first-order valence-electron chi connectivity index (χ1n) is 7.67. The summed E-state index contributed by atoms with van der Waals surface area (Å²) >= 11 is 0. The summed E-state index contributed by atoms with van der Waals surface area (Å²) in [6.45, 7) is 5.81. The van der Waals surface area contributed by atoms with Crippen molar-refractivity contribution >= 4 is 0 Å². The van der Waals surface area contributed by atoms with E-state index in [1.165, 1.54) is 32.1 Å². The van der Waals surface area contributed by atoms with Gasteiger partial charge < -0.3 is 15.2 Å². The molecule has 18 heavy (non-hydrogen) atoms. The largest absolute Gasteiger partial charge is 0.392 e. The maximum Gasteiger partial charge on any atom is 0.0694 e. The predicted octanol–water partition coefficient (Wildman–Crippen LogP) is 2.47. The van der Waals surface area contributed by atoms with Gasteiger partial charge in [-0.05, 0) is 31.6 Å². The Hall–Kier alpha value is -0.120. The van der Waals surface area contributed by atoms with Crippen molar-refractivity contribution in [1.29, 1.82) is 0 Å². The summed E-state index contributed by atoms with van der Waals surface area (Å²) in [5, 5.41) is 13.7. The lowest BCUT2D eigenvalue weighted by Crippen LogP contribution is -2.46. The van der Waals surface area contributed by atoms with Crippen molar-refractivity contribution in [3.63, 3.8) is 0 Å². The molecule has 1 saturated carbocycles. The van der Waals surface area contributed by atoms with Gasteiger partial charge in [0.25, 0.3) is 0 Å². The number of hydrogen-bond donors (Lipinski definition) is 2. The second-order valence-electron chi connectivity index (χ2n) is 6.48. The van der Waals surface area contributed by atoms with E-state index in [0.29, 0.717) is 12.0 Å². The fraction of sp³-hybridized carbons (Fsp3) is 1.00. The smallest absolute Gasteiger partial charge is 0.0694 e. The third-order valence-corrected chi connectivity index (χ3v) is 4.58. The van der Waals surface area contributed by atoms with Crippen LogP contribution in [-0.4, -0.2) is 36.0 Å². The average Bonchev–Trinajstić information content (AvgIpc) is 2.37. The molecule has 0 aromatic rings. The van der Waals surface area contributed by atoms with Crippen LogP contribution in [0.5, 0.6) is 0 Å². The quantitative estimate of drug-likeness (QED) is 0.811. The van der Waals surface area contributed by atoms with Gasteiger partial charge in [-0.3, -0.25) is 0 Å². The molecule has 106 valence electrons. The minimum Gasteiger partial charge on any atom is -0.392 e. The first kappa shape index (κ1) is 14.3. The van der Waals surface area contributed by atoms with Gasteiger partial charge in [-0.2, -0.15) is 0 Å².